The van der Waals surface area contributed by atoms with E-state index in [-0.39, 0.29) is 18.0 Å². The molecule has 5 nitrogen and oxygen atoms in total. The van der Waals surface area contributed by atoms with Crippen LogP contribution in [0.15, 0.2) is 47.5 Å². The first-order chi connectivity index (χ1) is 10.5. The fourth-order valence-corrected chi connectivity index (χ4v) is 2.61. The first-order valence-electron chi connectivity index (χ1n) is 6.77. The van der Waals surface area contributed by atoms with Gasteiger partial charge in [-0.1, -0.05) is 11.6 Å². The molecule has 2 N–H and O–H groups in total. The Hall–Kier alpha value is -2.53. The minimum absolute atomic E-state index is 0.134. The van der Waals surface area contributed by atoms with Crippen LogP contribution in [0.2, 0.25) is 5.02 Å². The Kier molecular flexibility index (Phi) is 3.73. The van der Waals surface area contributed by atoms with E-state index in [2.05, 4.69) is 10.3 Å². The minimum atomic E-state index is -0.164. The van der Waals surface area contributed by atoms with E-state index < -0.39 is 0 Å². The first-order valence-corrected chi connectivity index (χ1v) is 7.15. The van der Waals surface area contributed by atoms with Crippen molar-refractivity contribution in [1.82, 2.24) is 9.55 Å². The number of benzene rings is 1. The summed E-state index contributed by atoms with van der Waals surface area (Å²) in [6.07, 6.45) is 3.30. The second kappa shape index (κ2) is 5.69. The number of halogens is 1. The number of carbonyl (C=O) groups excluding carboxylic acids is 1. The maximum atomic E-state index is 12.2. The highest BCUT2D eigenvalue weighted by atomic mass is 35.5. The summed E-state index contributed by atoms with van der Waals surface area (Å²) in [5.41, 5.74) is 2.19. The summed E-state index contributed by atoms with van der Waals surface area (Å²) in [5, 5.41) is 4.05. The molecule has 3 aromatic rings. The molecule has 1 amide bonds. The van der Waals surface area contributed by atoms with Gasteiger partial charge in [0.25, 0.3) is 5.56 Å². The highest BCUT2D eigenvalue weighted by Crippen LogP contribution is 2.19. The second-order valence-corrected chi connectivity index (χ2v) is 5.49. The van der Waals surface area contributed by atoms with Crippen LogP contribution in [0.25, 0.3) is 10.9 Å². The van der Waals surface area contributed by atoms with E-state index in [0.717, 1.165) is 16.8 Å². The van der Waals surface area contributed by atoms with Gasteiger partial charge in [-0.2, -0.15) is 0 Å². The Morgan fingerprint density at radius 2 is 2.14 bits per heavy atom. The topological polar surface area (TPSA) is 66.9 Å². The van der Waals surface area contributed by atoms with Crippen LogP contribution in [-0.4, -0.2) is 15.5 Å². The molecule has 2 aromatic heterocycles. The van der Waals surface area contributed by atoms with Crippen molar-refractivity contribution < 1.29 is 4.79 Å². The number of nitrogens with one attached hydrogen (secondary N) is 2. The SMILES string of the molecule is Cc1cc(Cl)ccc1NC(=O)Cn1ccc2c(=O)[nH]ccc21. The van der Waals surface area contributed by atoms with Crippen molar-refractivity contribution in [2.45, 2.75) is 13.5 Å². The van der Waals surface area contributed by atoms with Crippen molar-refractivity contribution in [3.63, 3.8) is 0 Å². The van der Waals surface area contributed by atoms with E-state index in [0.29, 0.717) is 10.4 Å². The average molecular weight is 316 g/mol. The predicted octanol–water partition coefficient (Wildman–Crippen LogP) is 2.93. The Balaban J connectivity index is 1.81. The van der Waals surface area contributed by atoms with Crippen molar-refractivity contribution in [3.8, 4) is 0 Å². The normalized spacial score (nSPS) is 10.8. The number of hydrogen-bond acceptors (Lipinski definition) is 2. The van der Waals surface area contributed by atoms with E-state index in [1.165, 1.54) is 0 Å². The largest absolute Gasteiger partial charge is 0.338 e. The van der Waals surface area contributed by atoms with E-state index >= 15 is 0 Å². The molecular formula is C16H14ClN3O2. The zero-order chi connectivity index (χ0) is 15.7. The fraction of sp³-hybridized carbons (Fsp3) is 0.125. The van der Waals surface area contributed by atoms with E-state index in [1.807, 2.05) is 6.92 Å². The lowest BCUT2D eigenvalue weighted by atomic mass is 10.2. The highest BCUT2D eigenvalue weighted by Gasteiger charge is 2.09. The number of pyridine rings is 1. The highest BCUT2D eigenvalue weighted by molar-refractivity contribution is 6.30. The molecule has 0 saturated heterocycles. The molecule has 22 heavy (non-hydrogen) atoms. The third-order valence-electron chi connectivity index (χ3n) is 3.48. The van der Waals surface area contributed by atoms with Crippen molar-refractivity contribution >= 4 is 34.1 Å². The molecule has 0 aliphatic rings. The number of aromatic nitrogens is 2. The molecule has 112 valence electrons. The van der Waals surface area contributed by atoms with Crippen LogP contribution in [0.1, 0.15) is 5.56 Å². The van der Waals surface area contributed by atoms with Crippen LogP contribution in [0, 0.1) is 6.92 Å². The summed E-state index contributed by atoms with van der Waals surface area (Å²) in [5.74, 6) is -0.164. The number of H-pyrrole nitrogens is 1. The lowest BCUT2D eigenvalue weighted by Crippen LogP contribution is -2.19. The Morgan fingerprint density at radius 1 is 1.32 bits per heavy atom. The van der Waals surface area contributed by atoms with Gasteiger partial charge in [0.1, 0.15) is 6.54 Å². The van der Waals surface area contributed by atoms with Gasteiger partial charge < -0.3 is 14.9 Å². The van der Waals surface area contributed by atoms with Gasteiger partial charge in [-0.15, -0.1) is 0 Å². The lowest BCUT2D eigenvalue weighted by Gasteiger charge is -2.10. The molecule has 0 atom stereocenters. The maximum absolute atomic E-state index is 12.2. The molecule has 2 heterocycles. The van der Waals surface area contributed by atoms with E-state index in [1.54, 1.807) is 47.3 Å². The summed E-state index contributed by atoms with van der Waals surface area (Å²) in [7, 11) is 0. The van der Waals surface area contributed by atoms with Crippen molar-refractivity contribution in [2.75, 3.05) is 5.32 Å². The summed E-state index contributed by atoms with van der Waals surface area (Å²) in [4.78, 5) is 26.5. The summed E-state index contributed by atoms with van der Waals surface area (Å²) in [6.45, 7) is 2.01. The van der Waals surface area contributed by atoms with E-state index in [4.69, 9.17) is 11.6 Å². The zero-order valence-electron chi connectivity index (χ0n) is 11.9. The number of aryl methyl sites for hydroxylation is 1. The maximum Gasteiger partial charge on any atom is 0.257 e. The van der Waals surface area contributed by atoms with Gasteiger partial charge >= 0.3 is 0 Å². The number of anilines is 1. The molecule has 6 heteroatoms. The summed E-state index contributed by atoms with van der Waals surface area (Å²) >= 11 is 5.90. The molecule has 0 unspecified atom stereocenters. The van der Waals surface area contributed by atoms with Gasteiger partial charge in [0, 0.05) is 23.1 Å². The average Bonchev–Trinajstić information content (AvgIpc) is 2.87. The fourth-order valence-electron chi connectivity index (χ4n) is 2.39. The van der Waals surface area contributed by atoms with Gasteiger partial charge in [0.15, 0.2) is 0 Å². The smallest absolute Gasteiger partial charge is 0.257 e. The molecule has 0 saturated carbocycles. The Bertz CT molecular complexity index is 911. The van der Waals surface area contributed by atoms with Gasteiger partial charge in [-0.3, -0.25) is 9.59 Å². The molecule has 0 aliphatic heterocycles. The van der Waals surface area contributed by atoms with Gasteiger partial charge in [0.2, 0.25) is 5.91 Å². The van der Waals surface area contributed by atoms with Crippen molar-refractivity contribution in [3.05, 3.63) is 63.7 Å². The monoisotopic (exact) mass is 315 g/mol. The molecule has 0 radical (unpaired) electrons. The quantitative estimate of drug-likeness (QED) is 0.780. The molecule has 0 spiro atoms. The number of fused-ring (bicyclic) bond motifs is 1. The number of hydrogen-bond donors (Lipinski definition) is 2. The standard InChI is InChI=1S/C16H14ClN3O2/c1-10-8-11(17)2-3-13(10)19-15(21)9-20-7-5-12-14(20)4-6-18-16(12)22/h2-8H,9H2,1H3,(H,18,22)(H,19,21). The second-order valence-electron chi connectivity index (χ2n) is 5.06. The van der Waals surface area contributed by atoms with Crippen LogP contribution in [0.5, 0.6) is 0 Å². The molecular weight excluding hydrogens is 302 g/mol. The van der Waals surface area contributed by atoms with E-state index in [9.17, 15) is 9.59 Å². The number of carbonyl (C=O) groups is 1. The molecule has 0 bridgehead atoms. The Labute approximate surface area is 131 Å². The third-order valence-corrected chi connectivity index (χ3v) is 3.72. The molecule has 0 aliphatic carbocycles. The Morgan fingerprint density at radius 3 is 2.91 bits per heavy atom. The molecule has 3 rings (SSSR count). The van der Waals surface area contributed by atoms with Crippen LogP contribution >= 0.6 is 11.6 Å². The van der Waals surface area contributed by atoms with Crippen LogP contribution in [0.3, 0.4) is 0 Å². The number of amides is 1. The first kappa shape index (κ1) is 14.4. The van der Waals surface area contributed by atoms with Crippen LogP contribution in [-0.2, 0) is 11.3 Å². The molecule has 0 fully saturated rings. The summed E-state index contributed by atoms with van der Waals surface area (Å²) < 4.78 is 1.74. The number of nitrogens with zero attached hydrogens (tertiary/aromatic N) is 1. The van der Waals surface area contributed by atoms with Gasteiger partial charge in [-0.25, -0.2) is 0 Å². The van der Waals surface area contributed by atoms with Crippen molar-refractivity contribution in [2.24, 2.45) is 0 Å². The molecule has 1 aromatic carbocycles. The van der Waals surface area contributed by atoms with Gasteiger partial charge in [0.05, 0.1) is 10.9 Å². The third kappa shape index (κ3) is 2.76. The van der Waals surface area contributed by atoms with Crippen LogP contribution < -0.4 is 10.9 Å². The number of rotatable bonds is 3. The minimum Gasteiger partial charge on any atom is -0.338 e. The summed E-state index contributed by atoms with van der Waals surface area (Å²) in [6, 6.07) is 8.77. The van der Waals surface area contributed by atoms with Crippen LogP contribution in [0.4, 0.5) is 5.69 Å². The predicted molar refractivity (Wildman–Crippen MR) is 87.4 cm³/mol. The van der Waals surface area contributed by atoms with Gasteiger partial charge in [-0.05, 0) is 42.8 Å². The zero-order valence-corrected chi connectivity index (χ0v) is 12.6. The van der Waals surface area contributed by atoms with Crippen molar-refractivity contribution in [1.29, 1.82) is 0 Å². The lowest BCUT2D eigenvalue weighted by molar-refractivity contribution is -0.116. The number of aromatic amines is 1.